The lowest BCUT2D eigenvalue weighted by Gasteiger charge is -2.34. The molecule has 1 N–H and O–H groups in total. The van der Waals surface area contributed by atoms with E-state index in [-0.39, 0.29) is 6.10 Å². The minimum Gasteiger partial charge on any atom is -0.393 e. The molecule has 1 aliphatic heterocycles. The van der Waals surface area contributed by atoms with Crippen molar-refractivity contribution in [3.05, 3.63) is 0 Å². The first-order chi connectivity index (χ1) is 8.27. The van der Waals surface area contributed by atoms with Gasteiger partial charge in [-0.2, -0.15) is 0 Å². The van der Waals surface area contributed by atoms with Crippen LogP contribution in [0, 0.1) is 11.3 Å². The van der Waals surface area contributed by atoms with Crippen LogP contribution in [0.25, 0.3) is 0 Å². The van der Waals surface area contributed by atoms with Gasteiger partial charge in [0, 0.05) is 13.1 Å². The lowest BCUT2D eigenvalue weighted by molar-refractivity contribution is 0.101. The largest absolute Gasteiger partial charge is 0.393 e. The topological polar surface area (TPSA) is 23.5 Å². The van der Waals surface area contributed by atoms with E-state index < -0.39 is 0 Å². The van der Waals surface area contributed by atoms with E-state index in [1.165, 1.54) is 71.0 Å². The van der Waals surface area contributed by atoms with Crippen molar-refractivity contribution in [3.8, 4) is 0 Å². The van der Waals surface area contributed by atoms with Crippen LogP contribution in [0.15, 0.2) is 0 Å². The van der Waals surface area contributed by atoms with Crippen LogP contribution < -0.4 is 0 Å². The van der Waals surface area contributed by atoms with Crippen LogP contribution in [-0.4, -0.2) is 35.7 Å². The Kier molecular flexibility index (Phi) is 3.45. The molecule has 0 aromatic rings. The van der Waals surface area contributed by atoms with Crippen LogP contribution in [0.5, 0.6) is 0 Å². The molecule has 0 aromatic carbocycles. The molecule has 2 atom stereocenters. The summed E-state index contributed by atoms with van der Waals surface area (Å²) >= 11 is 0. The van der Waals surface area contributed by atoms with Crippen molar-refractivity contribution in [2.45, 2.75) is 63.9 Å². The van der Waals surface area contributed by atoms with Crippen molar-refractivity contribution in [1.29, 1.82) is 0 Å². The highest BCUT2D eigenvalue weighted by Gasteiger charge is 2.40. The molecule has 98 valence electrons. The van der Waals surface area contributed by atoms with E-state index in [1.54, 1.807) is 0 Å². The summed E-state index contributed by atoms with van der Waals surface area (Å²) in [6.07, 6.45) is 12.3. The molecule has 0 bridgehead atoms. The summed E-state index contributed by atoms with van der Waals surface area (Å²) in [6, 6.07) is 0. The van der Waals surface area contributed by atoms with Gasteiger partial charge in [-0.3, -0.25) is 0 Å². The Hall–Kier alpha value is -0.0800. The second kappa shape index (κ2) is 4.89. The second-order valence-corrected chi connectivity index (χ2v) is 6.80. The van der Waals surface area contributed by atoms with Gasteiger partial charge in [0.25, 0.3) is 0 Å². The monoisotopic (exact) mass is 237 g/mol. The summed E-state index contributed by atoms with van der Waals surface area (Å²) in [4.78, 5) is 2.66. The van der Waals surface area contributed by atoms with E-state index >= 15 is 0 Å². The molecule has 0 amide bonds. The van der Waals surface area contributed by atoms with E-state index in [2.05, 4.69) is 4.90 Å². The minimum atomic E-state index is -0.00194. The smallest absolute Gasteiger partial charge is 0.0580 e. The molecular formula is C15H27NO. The zero-order valence-corrected chi connectivity index (χ0v) is 11.0. The summed E-state index contributed by atoms with van der Waals surface area (Å²) in [7, 11) is 0. The predicted octanol–water partition coefficient (Wildman–Crippen LogP) is 2.80. The second-order valence-electron chi connectivity index (χ2n) is 6.80. The third-order valence-corrected chi connectivity index (χ3v) is 5.54. The van der Waals surface area contributed by atoms with Crippen LogP contribution in [-0.2, 0) is 0 Å². The van der Waals surface area contributed by atoms with Crippen molar-refractivity contribution in [2.75, 3.05) is 19.6 Å². The number of hydrogen-bond donors (Lipinski definition) is 1. The number of aliphatic hydroxyl groups excluding tert-OH is 1. The first kappa shape index (κ1) is 12.0. The summed E-state index contributed by atoms with van der Waals surface area (Å²) in [5.74, 6) is 0.578. The molecule has 17 heavy (non-hydrogen) atoms. The average Bonchev–Trinajstić information content (AvgIpc) is 2.90. The Morgan fingerprint density at radius 1 is 1.00 bits per heavy atom. The summed E-state index contributed by atoms with van der Waals surface area (Å²) in [6.45, 7) is 3.79. The fraction of sp³-hybridized carbons (Fsp3) is 1.00. The van der Waals surface area contributed by atoms with Gasteiger partial charge in [-0.05, 0) is 50.0 Å². The van der Waals surface area contributed by atoms with Crippen LogP contribution in [0.4, 0.5) is 0 Å². The molecule has 2 unspecified atom stereocenters. The molecule has 1 spiro atoms. The lowest BCUT2D eigenvalue weighted by Crippen LogP contribution is -2.34. The van der Waals surface area contributed by atoms with Crippen molar-refractivity contribution >= 4 is 0 Å². The van der Waals surface area contributed by atoms with E-state index in [4.69, 9.17) is 0 Å². The summed E-state index contributed by atoms with van der Waals surface area (Å²) < 4.78 is 0. The molecule has 1 heterocycles. The van der Waals surface area contributed by atoms with Gasteiger partial charge in [0.2, 0.25) is 0 Å². The van der Waals surface area contributed by atoms with Crippen LogP contribution in [0.1, 0.15) is 57.8 Å². The van der Waals surface area contributed by atoms with E-state index in [0.717, 1.165) is 6.42 Å². The van der Waals surface area contributed by atoms with Gasteiger partial charge in [0.05, 0.1) is 6.10 Å². The van der Waals surface area contributed by atoms with Gasteiger partial charge < -0.3 is 10.0 Å². The Morgan fingerprint density at radius 3 is 2.53 bits per heavy atom. The molecule has 3 rings (SSSR count). The zero-order valence-electron chi connectivity index (χ0n) is 11.0. The maximum atomic E-state index is 9.92. The summed E-state index contributed by atoms with van der Waals surface area (Å²) in [5.41, 5.74) is 0.682. The fourth-order valence-corrected chi connectivity index (χ4v) is 4.46. The van der Waals surface area contributed by atoms with Gasteiger partial charge in [-0.15, -0.1) is 0 Å². The number of hydrogen-bond acceptors (Lipinski definition) is 2. The third kappa shape index (κ3) is 2.53. The average molecular weight is 237 g/mol. The van der Waals surface area contributed by atoms with Gasteiger partial charge in [0.1, 0.15) is 0 Å². The highest BCUT2D eigenvalue weighted by Crippen LogP contribution is 2.44. The predicted molar refractivity (Wildman–Crippen MR) is 69.9 cm³/mol. The molecule has 0 aromatic heterocycles. The highest BCUT2D eigenvalue weighted by molar-refractivity contribution is 4.93. The molecule has 0 radical (unpaired) electrons. The van der Waals surface area contributed by atoms with Gasteiger partial charge in [-0.1, -0.05) is 25.7 Å². The number of nitrogens with zero attached hydrogens (tertiary/aromatic N) is 1. The number of rotatable bonds is 2. The standard InChI is InChI=1S/C15H27NO/c17-14-6-4-5-13(14)11-16-10-9-15(12-16)7-2-1-3-8-15/h13-14,17H,1-12H2. The maximum Gasteiger partial charge on any atom is 0.0580 e. The van der Waals surface area contributed by atoms with Crippen molar-refractivity contribution < 1.29 is 5.11 Å². The van der Waals surface area contributed by atoms with E-state index in [1.807, 2.05) is 0 Å². The molecule has 2 saturated carbocycles. The van der Waals surface area contributed by atoms with Crippen molar-refractivity contribution in [1.82, 2.24) is 4.90 Å². The lowest BCUT2D eigenvalue weighted by atomic mass is 9.73. The fourth-order valence-electron chi connectivity index (χ4n) is 4.46. The number of aliphatic hydroxyl groups is 1. The van der Waals surface area contributed by atoms with Crippen molar-refractivity contribution in [2.24, 2.45) is 11.3 Å². The van der Waals surface area contributed by atoms with Gasteiger partial charge in [-0.25, -0.2) is 0 Å². The Morgan fingerprint density at radius 2 is 1.82 bits per heavy atom. The van der Waals surface area contributed by atoms with Gasteiger partial charge >= 0.3 is 0 Å². The first-order valence-electron chi connectivity index (χ1n) is 7.68. The maximum absolute atomic E-state index is 9.92. The van der Waals surface area contributed by atoms with E-state index in [0.29, 0.717) is 11.3 Å². The Bertz CT molecular complexity index is 260. The normalized spacial score (nSPS) is 37.9. The van der Waals surface area contributed by atoms with Crippen LogP contribution in [0.3, 0.4) is 0 Å². The first-order valence-corrected chi connectivity index (χ1v) is 7.68. The third-order valence-electron chi connectivity index (χ3n) is 5.54. The molecule has 3 fully saturated rings. The SMILES string of the molecule is OC1CCCC1CN1CCC2(CCCCC2)C1. The quantitative estimate of drug-likeness (QED) is 0.798. The summed E-state index contributed by atoms with van der Waals surface area (Å²) in [5, 5.41) is 9.92. The molecule has 2 nitrogen and oxygen atoms in total. The Labute approximate surface area is 105 Å². The Balaban J connectivity index is 1.53. The van der Waals surface area contributed by atoms with Crippen LogP contribution >= 0.6 is 0 Å². The van der Waals surface area contributed by atoms with Gasteiger partial charge in [0.15, 0.2) is 0 Å². The van der Waals surface area contributed by atoms with E-state index in [9.17, 15) is 5.11 Å². The van der Waals surface area contributed by atoms with Crippen molar-refractivity contribution in [3.63, 3.8) is 0 Å². The van der Waals surface area contributed by atoms with Crippen LogP contribution in [0.2, 0.25) is 0 Å². The molecule has 2 heteroatoms. The molecule has 2 aliphatic carbocycles. The molecular weight excluding hydrogens is 210 g/mol. The minimum absolute atomic E-state index is 0.00194. The number of likely N-dealkylation sites (tertiary alicyclic amines) is 1. The zero-order chi connectivity index (χ0) is 11.7. The molecule has 3 aliphatic rings. The molecule has 1 saturated heterocycles. The highest BCUT2D eigenvalue weighted by atomic mass is 16.3.